The molecule has 2 fully saturated rings. The Morgan fingerprint density at radius 1 is 1.00 bits per heavy atom. The van der Waals surface area contributed by atoms with Crippen LogP contribution in [0.5, 0.6) is 0 Å². The maximum absolute atomic E-state index is 5.78. The zero-order chi connectivity index (χ0) is 10.1. The Hall–Kier alpha value is -0.0800. The van der Waals surface area contributed by atoms with E-state index >= 15 is 0 Å². The van der Waals surface area contributed by atoms with Crippen molar-refractivity contribution in [3.05, 3.63) is 0 Å². The molecule has 1 heterocycles. The molecule has 0 aromatic heterocycles. The summed E-state index contributed by atoms with van der Waals surface area (Å²) in [5, 5.41) is 0. The van der Waals surface area contributed by atoms with Crippen LogP contribution < -0.4 is 4.90 Å². The summed E-state index contributed by atoms with van der Waals surface area (Å²) >= 11 is 0. The second kappa shape index (κ2) is 4.19. The van der Waals surface area contributed by atoms with Crippen LogP contribution in [-0.2, 0) is 4.74 Å². The van der Waals surface area contributed by atoms with Crippen molar-refractivity contribution in [2.75, 3.05) is 13.1 Å². The molecule has 14 heavy (non-hydrogen) atoms. The fourth-order valence-corrected chi connectivity index (χ4v) is 3.23. The van der Waals surface area contributed by atoms with E-state index in [0.717, 1.165) is 12.0 Å². The van der Waals surface area contributed by atoms with Gasteiger partial charge in [0, 0.05) is 6.42 Å². The molecule has 1 aliphatic heterocycles. The molecular formula is C12H24NO+. The van der Waals surface area contributed by atoms with E-state index < -0.39 is 0 Å². The first-order valence-corrected chi connectivity index (χ1v) is 6.15. The predicted molar refractivity (Wildman–Crippen MR) is 57.5 cm³/mol. The summed E-state index contributed by atoms with van der Waals surface area (Å²) in [5.74, 6) is 0.959. The fourth-order valence-electron chi connectivity index (χ4n) is 3.23. The molecule has 1 aliphatic carbocycles. The third-order valence-electron chi connectivity index (χ3n) is 3.84. The van der Waals surface area contributed by atoms with Gasteiger partial charge in [-0.05, 0) is 32.6 Å². The summed E-state index contributed by atoms with van der Waals surface area (Å²) < 4.78 is 5.78. The summed E-state index contributed by atoms with van der Waals surface area (Å²) in [7, 11) is 0. The Bertz CT molecular complexity index is 185. The summed E-state index contributed by atoms with van der Waals surface area (Å²) in [6.07, 6.45) is 5.25. The van der Waals surface area contributed by atoms with Gasteiger partial charge in [-0.25, -0.2) is 0 Å². The van der Waals surface area contributed by atoms with Crippen molar-refractivity contribution in [3.63, 3.8) is 0 Å². The van der Waals surface area contributed by atoms with Crippen molar-refractivity contribution >= 4 is 0 Å². The van der Waals surface area contributed by atoms with E-state index in [1.165, 1.54) is 32.4 Å². The van der Waals surface area contributed by atoms with Gasteiger partial charge in [-0.15, -0.1) is 0 Å². The van der Waals surface area contributed by atoms with Gasteiger partial charge in [0.15, 0.2) is 0 Å². The zero-order valence-corrected chi connectivity index (χ0v) is 9.75. The quantitative estimate of drug-likeness (QED) is 0.660. The zero-order valence-electron chi connectivity index (χ0n) is 9.75. The first-order chi connectivity index (χ1) is 6.65. The van der Waals surface area contributed by atoms with E-state index in [1.807, 2.05) is 0 Å². The van der Waals surface area contributed by atoms with Gasteiger partial charge in [0.05, 0.1) is 6.04 Å². The molecule has 0 bridgehead atoms. The molecule has 2 heteroatoms. The number of nitrogens with one attached hydrogen (secondary N) is 1. The number of ether oxygens (including phenoxy) is 1. The minimum Gasteiger partial charge on any atom is -0.364 e. The standard InChI is InChI=1S/C12H23NO/c1-9-4-5-12(6-9)13-7-10(2)14-11(3)8-13/h9-12H,4-8H2,1-3H3/p+1/t9-,10-,11+,12-/m0/s1. The lowest BCUT2D eigenvalue weighted by Gasteiger charge is -2.36. The highest BCUT2D eigenvalue weighted by Crippen LogP contribution is 2.23. The molecule has 0 radical (unpaired) electrons. The van der Waals surface area contributed by atoms with E-state index in [9.17, 15) is 0 Å². The molecule has 1 saturated carbocycles. The van der Waals surface area contributed by atoms with E-state index in [2.05, 4.69) is 20.8 Å². The van der Waals surface area contributed by atoms with Crippen LogP contribution in [0.2, 0.25) is 0 Å². The fraction of sp³-hybridized carbons (Fsp3) is 1.00. The first kappa shape index (κ1) is 10.4. The second-order valence-electron chi connectivity index (χ2n) is 5.44. The Kier molecular flexibility index (Phi) is 3.13. The normalized spacial score (nSPS) is 49.5. The van der Waals surface area contributed by atoms with Crippen LogP contribution in [0.4, 0.5) is 0 Å². The largest absolute Gasteiger partial charge is 0.364 e. The molecular weight excluding hydrogens is 174 g/mol. The average molecular weight is 198 g/mol. The van der Waals surface area contributed by atoms with Crippen molar-refractivity contribution in [1.82, 2.24) is 0 Å². The molecule has 2 rings (SSSR count). The molecule has 2 nitrogen and oxygen atoms in total. The lowest BCUT2D eigenvalue weighted by atomic mass is 10.1. The number of morpholine rings is 1. The van der Waals surface area contributed by atoms with Crippen LogP contribution in [-0.4, -0.2) is 31.3 Å². The molecule has 0 aromatic rings. The maximum atomic E-state index is 5.78. The van der Waals surface area contributed by atoms with Crippen LogP contribution in [0.25, 0.3) is 0 Å². The molecule has 0 spiro atoms. The number of quaternary nitrogens is 1. The molecule has 2 aliphatic rings. The summed E-state index contributed by atoms with van der Waals surface area (Å²) in [6.45, 7) is 9.28. The molecule has 1 unspecified atom stereocenters. The Balaban J connectivity index is 1.90. The van der Waals surface area contributed by atoms with Gasteiger partial charge >= 0.3 is 0 Å². The third-order valence-corrected chi connectivity index (χ3v) is 3.84. The highest BCUT2D eigenvalue weighted by atomic mass is 16.5. The monoisotopic (exact) mass is 198 g/mol. The van der Waals surface area contributed by atoms with Crippen LogP contribution >= 0.6 is 0 Å². The highest BCUT2D eigenvalue weighted by molar-refractivity contribution is 4.73. The second-order valence-corrected chi connectivity index (χ2v) is 5.44. The SMILES string of the molecule is C[C@H]1CC[C@H]([NH+]2C[C@@H](C)O[C@@H](C)C2)C1. The van der Waals surface area contributed by atoms with Gasteiger partial charge in [-0.3, -0.25) is 0 Å². The van der Waals surface area contributed by atoms with E-state index in [4.69, 9.17) is 4.74 Å². The van der Waals surface area contributed by atoms with Crippen molar-refractivity contribution in [1.29, 1.82) is 0 Å². The Labute approximate surface area is 87.6 Å². The summed E-state index contributed by atoms with van der Waals surface area (Å²) in [4.78, 5) is 1.81. The maximum Gasteiger partial charge on any atom is 0.104 e. The van der Waals surface area contributed by atoms with Crippen molar-refractivity contribution in [2.24, 2.45) is 5.92 Å². The first-order valence-electron chi connectivity index (χ1n) is 6.15. The Morgan fingerprint density at radius 3 is 2.14 bits per heavy atom. The number of rotatable bonds is 1. The third kappa shape index (κ3) is 2.29. The number of hydrogen-bond acceptors (Lipinski definition) is 1. The van der Waals surface area contributed by atoms with Gasteiger partial charge in [0.2, 0.25) is 0 Å². The molecule has 1 N–H and O–H groups in total. The minimum absolute atomic E-state index is 0.463. The Morgan fingerprint density at radius 2 is 1.64 bits per heavy atom. The predicted octanol–water partition coefficient (Wildman–Crippen LogP) is 0.867. The van der Waals surface area contributed by atoms with E-state index in [1.54, 1.807) is 4.90 Å². The summed E-state index contributed by atoms with van der Waals surface area (Å²) in [5.41, 5.74) is 0. The lowest BCUT2D eigenvalue weighted by Crippen LogP contribution is -3.18. The molecule has 0 amide bonds. The number of hydrogen-bond donors (Lipinski definition) is 1. The van der Waals surface area contributed by atoms with Crippen LogP contribution in [0.15, 0.2) is 0 Å². The van der Waals surface area contributed by atoms with Crippen LogP contribution in [0.3, 0.4) is 0 Å². The van der Waals surface area contributed by atoms with Crippen molar-refractivity contribution in [2.45, 2.75) is 58.3 Å². The van der Waals surface area contributed by atoms with Crippen LogP contribution in [0, 0.1) is 5.92 Å². The minimum atomic E-state index is 0.463. The van der Waals surface area contributed by atoms with Gasteiger partial charge in [0.25, 0.3) is 0 Å². The smallest absolute Gasteiger partial charge is 0.104 e. The topological polar surface area (TPSA) is 13.7 Å². The molecule has 1 saturated heterocycles. The van der Waals surface area contributed by atoms with Gasteiger partial charge in [0.1, 0.15) is 25.3 Å². The van der Waals surface area contributed by atoms with Crippen molar-refractivity contribution in [3.8, 4) is 0 Å². The molecule has 5 atom stereocenters. The van der Waals surface area contributed by atoms with Gasteiger partial charge < -0.3 is 9.64 Å². The lowest BCUT2D eigenvalue weighted by molar-refractivity contribution is -0.938. The van der Waals surface area contributed by atoms with E-state index in [-0.39, 0.29) is 0 Å². The van der Waals surface area contributed by atoms with Gasteiger partial charge in [-0.2, -0.15) is 0 Å². The van der Waals surface area contributed by atoms with Gasteiger partial charge in [-0.1, -0.05) is 6.92 Å². The van der Waals surface area contributed by atoms with E-state index in [0.29, 0.717) is 12.2 Å². The molecule has 82 valence electrons. The molecule has 0 aromatic carbocycles. The highest BCUT2D eigenvalue weighted by Gasteiger charge is 2.35. The average Bonchev–Trinajstić information content (AvgIpc) is 2.50. The van der Waals surface area contributed by atoms with Crippen molar-refractivity contribution < 1.29 is 9.64 Å². The van der Waals surface area contributed by atoms with Crippen LogP contribution in [0.1, 0.15) is 40.0 Å². The summed E-state index contributed by atoms with van der Waals surface area (Å²) in [6, 6.07) is 0.929.